The Hall–Kier alpha value is -3.66. The third-order valence-electron chi connectivity index (χ3n) is 3.39. The topological polar surface area (TPSA) is 0 Å². The Balaban J connectivity index is 1.72. The SMILES string of the molecule is [C]#Cc1ccc(C#Cc2ccc(C#Cc3ccccc3)cc2)cc1. The van der Waals surface area contributed by atoms with Crippen LogP contribution >= 0.6 is 0 Å². The number of hydrogen-bond donors (Lipinski definition) is 0. The van der Waals surface area contributed by atoms with Crippen molar-refractivity contribution in [1.82, 2.24) is 0 Å². The molecule has 0 atom stereocenters. The summed E-state index contributed by atoms with van der Waals surface area (Å²) in [5, 5.41) is 0. The van der Waals surface area contributed by atoms with Gasteiger partial charge in [-0.1, -0.05) is 47.8 Å². The Bertz CT molecular complexity index is 976. The van der Waals surface area contributed by atoms with E-state index >= 15 is 0 Å². The number of hydrogen-bond acceptors (Lipinski definition) is 0. The first-order chi connectivity index (χ1) is 11.8. The second-order valence-electron chi connectivity index (χ2n) is 5.15. The van der Waals surface area contributed by atoms with E-state index in [0.29, 0.717) is 0 Å². The molecule has 0 aromatic heterocycles. The van der Waals surface area contributed by atoms with Gasteiger partial charge in [-0.3, -0.25) is 0 Å². The van der Waals surface area contributed by atoms with Crippen molar-refractivity contribution in [3.05, 3.63) is 113 Å². The van der Waals surface area contributed by atoms with E-state index in [-0.39, 0.29) is 0 Å². The molecule has 0 amide bonds. The van der Waals surface area contributed by atoms with Gasteiger partial charge in [0, 0.05) is 27.8 Å². The summed E-state index contributed by atoms with van der Waals surface area (Å²) >= 11 is 0. The van der Waals surface area contributed by atoms with Crippen LogP contribution in [0.3, 0.4) is 0 Å². The highest BCUT2D eigenvalue weighted by Crippen LogP contribution is 2.05. The fraction of sp³-hybridized carbons (Fsp3) is 0. The fourth-order valence-electron chi connectivity index (χ4n) is 2.08. The van der Waals surface area contributed by atoms with Gasteiger partial charge < -0.3 is 0 Å². The molecular weight excluding hydrogens is 288 g/mol. The molecule has 0 saturated carbocycles. The van der Waals surface area contributed by atoms with E-state index in [0.717, 1.165) is 27.8 Å². The molecule has 0 N–H and O–H groups in total. The van der Waals surface area contributed by atoms with Crippen LogP contribution in [0.25, 0.3) is 0 Å². The van der Waals surface area contributed by atoms with E-state index in [4.69, 9.17) is 6.42 Å². The molecule has 3 rings (SSSR count). The molecule has 0 aliphatic carbocycles. The molecule has 3 aromatic carbocycles. The maximum atomic E-state index is 7.06. The molecule has 109 valence electrons. The zero-order valence-corrected chi connectivity index (χ0v) is 13.0. The second kappa shape index (κ2) is 7.56. The molecule has 0 unspecified atom stereocenters. The summed E-state index contributed by atoms with van der Waals surface area (Å²) in [4.78, 5) is 0. The number of benzene rings is 3. The largest absolute Gasteiger partial charge is 0.0622 e. The quantitative estimate of drug-likeness (QED) is 0.539. The fourth-order valence-corrected chi connectivity index (χ4v) is 2.08. The minimum Gasteiger partial charge on any atom is -0.0622 e. The normalized spacial score (nSPS) is 8.96. The first kappa shape index (κ1) is 15.2. The van der Waals surface area contributed by atoms with E-state index in [1.165, 1.54) is 0 Å². The molecule has 0 spiro atoms. The van der Waals surface area contributed by atoms with Gasteiger partial charge in [-0.25, -0.2) is 0 Å². The van der Waals surface area contributed by atoms with Gasteiger partial charge in [-0.2, -0.15) is 0 Å². The zero-order chi connectivity index (χ0) is 16.6. The lowest BCUT2D eigenvalue weighted by atomic mass is 10.1. The lowest BCUT2D eigenvalue weighted by Crippen LogP contribution is -1.79. The molecule has 0 nitrogen and oxygen atoms in total. The first-order valence-electron chi connectivity index (χ1n) is 7.55. The Morgan fingerprint density at radius 2 is 0.750 bits per heavy atom. The van der Waals surface area contributed by atoms with Gasteiger partial charge >= 0.3 is 0 Å². The molecule has 0 fully saturated rings. The average Bonchev–Trinajstić information content (AvgIpc) is 2.67. The van der Waals surface area contributed by atoms with Crippen LogP contribution in [0.4, 0.5) is 0 Å². The van der Waals surface area contributed by atoms with Crippen LogP contribution in [-0.4, -0.2) is 0 Å². The van der Waals surface area contributed by atoms with E-state index in [1.807, 2.05) is 78.9 Å². The molecular formula is C24H13. The third kappa shape index (κ3) is 4.18. The minimum atomic E-state index is 0.752. The van der Waals surface area contributed by atoms with Crippen molar-refractivity contribution < 1.29 is 0 Å². The van der Waals surface area contributed by atoms with Crippen molar-refractivity contribution >= 4 is 0 Å². The summed E-state index contributed by atoms with van der Waals surface area (Å²) in [6.07, 6.45) is 7.06. The minimum absolute atomic E-state index is 0.752. The van der Waals surface area contributed by atoms with Crippen molar-refractivity contribution in [1.29, 1.82) is 0 Å². The van der Waals surface area contributed by atoms with Crippen LogP contribution in [-0.2, 0) is 0 Å². The highest BCUT2D eigenvalue weighted by atomic mass is 13.9. The average molecular weight is 301 g/mol. The van der Waals surface area contributed by atoms with Crippen LogP contribution < -0.4 is 0 Å². The summed E-state index contributed by atoms with van der Waals surface area (Å²) in [6, 6.07) is 25.3. The molecule has 0 aliphatic rings. The molecule has 0 heterocycles. The van der Waals surface area contributed by atoms with Crippen LogP contribution in [0.2, 0.25) is 0 Å². The summed E-state index contributed by atoms with van der Waals surface area (Å²) in [5.41, 5.74) is 4.59. The van der Waals surface area contributed by atoms with Gasteiger partial charge in [0.25, 0.3) is 0 Å². The second-order valence-corrected chi connectivity index (χ2v) is 5.15. The number of rotatable bonds is 0. The van der Waals surface area contributed by atoms with Crippen molar-refractivity contribution in [2.24, 2.45) is 0 Å². The Kier molecular flexibility index (Phi) is 4.80. The molecule has 0 bridgehead atoms. The lowest BCUT2D eigenvalue weighted by Gasteiger charge is -1.93. The van der Waals surface area contributed by atoms with E-state index < -0.39 is 0 Å². The van der Waals surface area contributed by atoms with Gasteiger partial charge in [0.05, 0.1) is 0 Å². The van der Waals surface area contributed by atoms with E-state index in [9.17, 15) is 0 Å². The van der Waals surface area contributed by atoms with Crippen molar-refractivity contribution in [3.63, 3.8) is 0 Å². The molecule has 0 heteroatoms. The highest BCUT2D eigenvalue weighted by molar-refractivity contribution is 5.48. The third-order valence-corrected chi connectivity index (χ3v) is 3.39. The molecule has 1 radical (unpaired) electrons. The predicted molar refractivity (Wildman–Crippen MR) is 97.5 cm³/mol. The summed E-state index contributed by atoms with van der Waals surface area (Å²) in [6.45, 7) is 0. The monoisotopic (exact) mass is 301 g/mol. The van der Waals surface area contributed by atoms with Gasteiger partial charge in [-0.05, 0) is 67.1 Å². The standard InChI is InChI=1S/C24H13/c1-2-20-8-10-22(11-9-20)14-15-24-18-16-23(17-19-24)13-12-21-6-4-3-5-7-21/h3-11,16-19H. The molecule has 0 saturated heterocycles. The van der Waals surface area contributed by atoms with Crippen molar-refractivity contribution in [2.75, 3.05) is 0 Å². The lowest BCUT2D eigenvalue weighted by molar-refractivity contribution is 1.58. The smallest absolute Gasteiger partial charge is 0.0256 e. The van der Waals surface area contributed by atoms with Gasteiger partial charge in [0.2, 0.25) is 0 Å². The van der Waals surface area contributed by atoms with E-state index in [1.54, 1.807) is 0 Å². The Labute approximate surface area is 143 Å². The van der Waals surface area contributed by atoms with Crippen LogP contribution in [0.15, 0.2) is 78.9 Å². The van der Waals surface area contributed by atoms with Gasteiger partial charge in [0.15, 0.2) is 0 Å². The summed E-state index contributed by atoms with van der Waals surface area (Å²) in [7, 11) is 0. The van der Waals surface area contributed by atoms with Gasteiger partial charge in [-0.15, -0.1) is 0 Å². The Morgan fingerprint density at radius 1 is 0.417 bits per heavy atom. The highest BCUT2D eigenvalue weighted by Gasteiger charge is 1.91. The first-order valence-corrected chi connectivity index (χ1v) is 7.55. The van der Waals surface area contributed by atoms with E-state index in [2.05, 4.69) is 29.6 Å². The zero-order valence-electron chi connectivity index (χ0n) is 13.0. The molecule has 3 aromatic rings. The van der Waals surface area contributed by atoms with Gasteiger partial charge in [0.1, 0.15) is 0 Å². The maximum absolute atomic E-state index is 7.06. The summed E-state index contributed by atoms with van der Waals surface area (Å²) in [5.74, 6) is 14.9. The maximum Gasteiger partial charge on any atom is 0.0256 e. The van der Waals surface area contributed by atoms with Crippen molar-refractivity contribution in [3.8, 4) is 29.6 Å². The Morgan fingerprint density at radius 3 is 1.12 bits per heavy atom. The summed E-state index contributed by atoms with van der Waals surface area (Å²) < 4.78 is 0. The predicted octanol–water partition coefficient (Wildman–Crippen LogP) is 4.42. The van der Waals surface area contributed by atoms with Crippen LogP contribution in [0.1, 0.15) is 27.8 Å². The van der Waals surface area contributed by atoms with Crippen LogP contribution in [0, 0.1) is 36.0 Å². The van der Waals surface area contributed by atoms with Crippen LogP contribution in [0.5, 0.6) is 0 Å². The van der Waals surface area contributed by atoms with Crippen molar-refractivity contribution in [2.45, 2.75) is 0 Å². The molecule has 24 heavy (non-hydrogen) atoms. The molecule has 0 aliphatic heterocycles.